The molecule has 2 unspecified atom stereocenters. The summed E-state index contributed by atoms with van der Waals surface area (Å²) in [5, 5.41) is 3.64. The summed E-state index contributed by atoms with van der Waals surface area (Å²) in [6, 6.07) is 8.88. The van der Waals surface area contributed by atoms with Gasteiger partial charge in [0, 0.05) is 35.7 Å². The summed E-state index contributed by atoms with van der Waals surface area (Å²) in [6.07, 6.45) is 7.71. The maximum atomic E-state index is 13.2. The lowest BCUT2D eigenvalue weighted by Crippen LogP contribution is -2.29. The molecule has 0 radical (unpaired) electrons. The van der Waals surface area contributed by atoms with Crippen LogP contribution in [0.2, 0.25) is 5.02 Å². The molecule has 0 spiro atoms. The first-order valence-electron chi connectivity index (χ1n) is 11.0. The largest absolute Gasteiger partial charge is 0.452 e. The number of nitrogens with zero attached hydrogens (tertiary/aromatic N) is 4. The Bertz CT molecular complexity index is 1180. The predicted octanol–water partition coefficient (Wildman–Crippen LogP) is 4.63. The van der Waals surface area contributed by atoms with E-state index in [1.807, 2.05) is 0 Å². The molecule has 0 bridgehead atoms. The first kappa shape index (κ1) is 19.1. The van der Waals surface area contributed by atoms with Crippen LogP contribution in [-0.4, -0.2) is 32.6 Å². The van der Waals surface area contributed by atoms with Crippen LogP contribution in [0.3, 0.4) is 0 Å². The van der Waals surface area contributed by atoms with Crippen molar-refractivity contribution in [3.63, 3.8) is 0 Å². The quantitative estimate of drug-likeness (QED) is 0.627. The summed E-state index contributed by atoms with van der Waals surface area (Å²) in [5.41, 5.74) is 3.88. The van der Waals surface area contributed by atoms with Gasteiger partial charge in [-0.2, -0.15) is 4.98 Å². The molecule has 3 fully saturated rings. The van der Waals surface area contributed by atoms with Crippen molar-refractivity contribution in [1.29, 1.82) is 0 Å². The molecule has 1 N–H and O–H groups in total. The van der Waals surface area contributed by atoms with Crippen molar-refractivity contribution in [2.45, 2.75) is 38.1 Å². The molecule has 2 atom stereocenters. The van der Waals surface area contributed by atoms with Crippen molar-refractivity contribution in [3.8, 4) is 11.5 Å². The second-order valence-corrected chi connectivity index (χ2v) is 9.35. The van der Waals surface area contributed by atoms with Crippen molar-refractivity contribution < 1.29 is 4.74 Å². The number of ether oxygens (including phenoxy) is 1. The molecular weight excluding hydrogens is 414 g/mol. The van der Waals surface area contributed by atoms with E-state index in [1.165, 1.54) is 19.3 Å². The molecule has 2 aliphatic carbocycles. The van der Waals surface area contributed by atoms with Gasteiger partial charge >= 0.3 is 0 Å². The van der Waals surface area contributed by atoms with Gasteiger partial charge in [0.2, 0.25) is 5.95 Å². The van der Waals surface area contributed by atoms with Gasteiger partial charge in [0.05, 0.1) is 0 Å². The Hall–Kier alpha value is -2.64. The fourth-order valence-electron chi connectivity index (χ4n) is 4.99. The van der Waals surface area contributed by atoms with Crippen LogP contribution in [0.5, 0.6) is 11.5 Å². The number of rotatable bonds is 5. The number of hydrazine groups is 1. The smallest absolute Gasteiger partial charge is 0.295 e. The van der Waals surface area contributed by atoms with Crippen LogP contribution in [0.4, 0.5) is 5.95 Å². The van der Waals surface area contributed by atoms with Crippen molar-refractivity contribution in [3.05, 3.63) is 51.9 Å². The van der Waals surface area contributed by atoms with Crippen LogP contribution < -0.4 is 15.7 Å². The van der Waals surface area contributed by atoms with Crippen LogP contribution in [0, 0.1) is 11.8 Å². The molecule has 2 saturated carbocycles. The molecule has 31 heavy (non-hydrogen) atoms. The van der Waals surface area contributed by atoms with Crippen molar-refractivity contribution in [1.82, 2.24) is 19.5 Å². The Morgan fingerprint density at radius 1 is 1.06 bits per heavy atom. The van der Waals surface area contributed by atoms with Crippen LogP contribution in [0.25, 0.3) is 11.0 Å². The molecule has 3 aliphatic rings. The van der Waals surface area contributed by atoms with Crippen molar-refractivity contribution in [2.24, 2.45) is 11.8 Å². The monoisotopic (exact) mass is 437 g/mol. The summed E-state index contributed by atoms with van der Waals surface area (Å²) in [7, 11) is 0. The van der Waals surface area contributed by atoms with Gasteiger partial charge < -0.3 is 4.74 Å². The molecule has 8 heteroatoms. The molecule has 6 rings (SSSR count). The molecule has 1 saturated heterocycles. The molecule has 0 amide bonds. The fourth-order valence-corrected chi connectivity index (χ4v) is 5.12. The summed E-state index contributed by atoms with van der Waals surface area (Å²) < 4.78 is 7.67. The maximum Gasteiger partial charge on any atom is 0.295 e. The van der Waals surface area contributed by atoms with Gasteiger partial charge in [-0.25, -0.2) is 9.99 Å². The van der Waals surface area contributed by atoms with Gasteiger partial charge in [0.15, 0.2) is 5.75 Å². The highest BCUT2D eigenvalue weighted by atomic mass is 35.5. The van der Waals surface area contributed by atoms with Gasteiger partial charge in [-0.05, 0) is 67.9 Å². The highest BCUT2D eigenvalue weighted by Gasteiger charge is 2.36. The lowest BCUT2D eigenvalue weighted by molar-refractivity contribution is 0.369. The van der Waals surface area contributed by atoms with Crippen molar-refractivity contribution in [2.75, 3.05) is 18.5 Å². The van der Waals surface area contributed by atoms with Crippen LogP contribution in [0.15, 0.2) is 41.3 Å². The average molecular weight is 438 g/mol. The summed E-state index contributed by atoms with van der Waals surface area (Å²) in [5.74, 6) is 2.96. The van der Waals surface area contributed by atoms with Gasteiger partial charge in [0.25, 0.3) is 5.56 Å². The van der Waals surface area contributed by atoms with E-state index >= 15 is 0 Å². The Labute approximate surface area is 185 Å². The van der Waals surface area contributed by atoms with E-state index in [-0.39, 0.29) is 17.4 Å². The molecule has 3 aromatic rings. The Morgan fingerprint density at radius 3 is 2.52 bits per heavy atom. The van der Waals surface area contributed by atoms with E-state index in [2.05, 4.69) is 15.4 Å². The number of hydrogen-bond donors (Lipinski definition) is 1. The van der Waals surface area contributed by atoms with E-state index in [0.29, 0.717) is 22.4 Å². The molecule has 160 valence electrons. The summed E-state index contributed by atoms with van der Waals surface area (Å²) in [6.45, 7) is 2.07. The van der Waals surface area contributed by atoms with Gasteiger partial charge in [-0.1, -0.05) is 18.0 Å². The normalized spacial score (nSPS) is 23.3. The van der Waals surface area contributed by atoms with E-state index in [1.54, 1.807) is 41.1 Å². The third-order valence-electron chi connectivity index (χ3n) is 6.68. The second kappa shape index (κ2) is 7.50. The Morgan fingerprint density at radius 2 is 1.81 bits per heavy atom. The first-order valence-corrected chi connectivity index (χ1v) is 11.4. The number of hydrogen-bond acceptors (Lipinski definition) is 6. The average Bonchev–Trinajstić information content (AvgIpc) is 3.38. The number of pyridine rings is 1. The summed E-state index contributed by atoms with van der Waals surface area (Å²) in [4.78, 5) is 22.5. The highest BCUT2D eigenvalue weighted by molar-refractivity contribution is 6.30. The zero-order chi connectivity index (χ0) is 20.9. The first-order chi connectivity index (χ1) is 15.1. The third kappa shape index (κ3) is 3.66. The second-order valence-electron chi connectivity index (χ2n) is 8.91. The predicted molar refractivity (Wildman–Crippen MR) is 120 cm³/mol. The van der Waals surface area contributed by atoms with E-state index < -0.39 is 0 Å². The molecule has 1 aliphatic heterocycles. The van der Waals surface area contributed by atoms with E-state index in [4.69, 9.17) is 21.3 Å². The zero-order valence-electron chi connectivity index (χ0n) is 17.1. The van der Waals surface area contributed by atoms with Gasteiger partial charge in [0.1, 0.15) is 11.4 Å². The molecule has 7 nitrogen and oxygen atoms in total. The fraction of sp³-hybridized carbons (Fsp3) is 0.435. The van der Waals surface area contributed by atoms with E-state index in [9.17, 15) is 4.79 Å². The topological polar surface area (TPSA) is 72.3 Å². The van der Waals surface area contributed by atoms with Crippen LogP contribution in [0.1, 0.15) is 38.1 Å². The Kier molecular flexibility index (Phi) is 4.61. The molecule has 2 aromatic heterocycles. The SMILES string of the molecule is O=c1c(Oc2ccc(Cl)cc2)cc2cnc(NN3CC4CCCC4C3)nc2n1C1CC1. The van der Waals surface area contributed by atoms with Crippen LogP contribution in [-0.2, 0) is 0 Å². The number of anilines is 1. The van der Waals surface area contributed by atoms with Gasteiger partial charge in [-0.3, -0.25) is 14.8 Å². The molecular formula is C23H24ClN5O2. The zero-order valence-corrected chi connectivity index (χ0v) is 17.9. The number of benzene rings is 1. The van der Waals surface area contributed by atoms with Crippen molar-refractivity contribution >= 4 is 28.6 Å². The minimum absolute atomic E-state index is 0.162. The lowest BCUT2D eigenvalue weighted by atomic mass is 10.0. The number of fused-ring (bicyclic) bond motifs is 2. The summed E-state index contributed by atoms with van der Waals surface area (Å²) >= 11 is 5.95. The van der Waals surface area contributed by atoms with Gasteiger partial charge in [-0.15, -0.1) is 0 Å². The highest BCUT2D eigenvalue weighted by Crippen LogP contribution is 2.38. The molecule has 3 heterocycles. The molecule has 1 aromatic carbocycles. The maximum absolute atomic E-state index is 13.2. The van der Waals surface area contributed by atoms with Crippen LogP contribution >= 0.6 is 11.6 Å². The minimum atomic E-state index is -0.162. The number of halogens is 1. The standard InChI is InChI=1S/C23H24ClN5O2/c24-17-4-8-19(9-5-17)31-20-10-16-11-25-23(26-21(16)29(22(20)30)18-6-7-18)27-28-12-14-2-1-3-15(14)13-28/h4-5,8-11,14-15,18H,1-3,6-7,12-13H2,(H,25,26,27). The lowest BCUT2D eigenvalue weighted by Gasteiger charge is -2.19. The number of aromatic nitrogens is 3. The Balaban J connectivity index is 1.33. The third-order valence-corrected chi connectivity index (χ3v) is 6.93. The number of nitrogens with one attached hydrogen (secondary N) is 1. The minimum Gasteiger partial charge on any atom is -0.452 e. The van der Waals surface area contributed by atoms with E-state index in [0.717, 1.165) is 43.2 Å².